The molecule has 0 spiro atoms. The molecule has 1 unspecified atom stereocenters. The molecule has 104 valence electrons. The van der Waals surface area contributed by atoms with E-state index in [0.29, 0.717) is 19.4 Å². The molecule has 0 aromatic rings. The molecule has 1 amide bonds. The second-order valence-electron chi connectivity index (χ2n) is 5.97. The van der Waals surface area contributed by atoms with Crippen LogP contribution in [0, 0.1) is 5.41 Å². The van der Waals surface area contributed by atoms with Gasteiger partial charge in [-0.25, -0.2) is 4.79 Å². The van der Waals surface area contributed by atoms with Crippen molar-refractivity contribution >= 4 is 12.1 Å². The Bertz CT molecular complexity index is 340. The maximum atomic E-state index is 11.9. The van der Waals surface area contributed by atoms with Gasteiger partial charge >= 0.3 is 57.5 Å². The van der Waals surface area contributed by atoms with Crippen LogP contribution in [-0.2, 0) is 9.53 Å². The summed E-state index contributed by atoms with van der Waals surface area (Å²) >= 11 is 0. The topological polar surface area (TPSA) is 69.7 Å². The number of aliphatic carboxylic acids is 1. The van der Waals surface area contributed by atoms with Crippen LogP contribution in [0.2, 0.25) is 0 Å². The summed E-state index contributed by atoms with van der Waals surface area (Å²) in [4.78, 5) is 24.6. The van der Waals surface area contributed by atoms with Crippen LogP contribution < -0.4 is 56.5 Å². The molecule has 1 fully saturated rings. The molecule has 1 aliphatic rings. The van der Waals surface area contributed by atoms with Crippen molar-refractivity contribution < 1.29 is 70.8 Å². The zero-order valence-electron chi connectivity index (χ0n) is 12.6. The molecule has 0 radical (unpaired) electrons. The Morgan fingerprint density at radius 1 is 1.37 bits per heavy atom. The van der Waals surface area contributed by atoms with E-state index in [-0.39, 0.29) is 57.9 Å². The van der Waals surface area contributed by atoms with Gasteiger partial charge in [-0.2, -0.15) is 0 Å². The molecule has 1 rings (SSSR count). The Morgan fingerprint density at radius 3 is 2.37 bits per heavy atom. The van der Waals surface area contributed by atoms with Crippen molar-refractivity contribution in [3.8, 4) is 0 Å². The van der Waals surface area contributed by atoms with Crippen molar-refractivity contribution in [2.75, 3.05) is 13.1 Å². The van der Waals surface area contributed by atoms with Gasteiger partial charge in [-0.1, -0.05) is 13.3 Å². The molecule has 0 aliphatic carbocycles. The molecule has 1 saturated heterocycles. The third-order valence-corrected chi connectivity index (χ3v) is 3.17. The molecule has 19 heavy (non-hydrogen) atoms. The SMILES string of the molecule is CCCC1(C(=O)[O-])CCN(C(=O)OC(C)(C)C)C1.[K+]. The monoisotopic (exact) mass is 295 g/mol. The number of carboxylic acid groups (broad SMARTS) is 1. The summed E-state index contributed by atoms with van der Waals surface area (Å²) in [7, 11) is 0. The molecule has 1 aliphatic heterocycles. The summed E-state index contributed by atoms with van der Waals surface area (Å²) in [5, 5.41) is 11.3. The molecule has 0 N–H and O–H groups in total. The van der Waals surface area contributed by atoms with Crippen LogP contribution in [0.15, 0.2) is 0 Å². The first-order chi connectivity index (χ1) is 8.20. The van der Waals surface area contributed by atoms with Crippen LogP contribution in [0.5, 0.6) is 0 Å². The number of hydrogen-bond donors (Lipinski definition) is 0. The number of likely N-dealkylation sites (tertiary alicyclic amines) is 1. The molecular weight excluding hydrogens is 273 g/mol. The van der Waals surface area contributed by atoms with Gasteiger partial charge in [0, 0.05) is 24.5 Å². The number of hydrogen-bond acceptors (Lipinski definition) is 4. The molecule has 5 nitrogen and oxygen atoms in total. The van der Waals surface area contributed by atoms with Crippen LogP contribution in [-0.4, -0.2) is 35.7 Å². The molecular formula is C13H22KNO4. The smallest absolute Gasteiger partial charge is 0.549 e. The van der Waals surface area contributed by atoms with E-state index in [1.54, 1.807) is 20.8 Å². The summed E-state index contributed by atoms with van der Waals surface area (Å²) in [5.74, 6) is -1.06. The van der Waals surface area contributed by atoms with Gasteiger partial charge in [0.05, 0.1) is 0 Å². The quantitative estimate of drug-likeness (QED) is 0.574. The van der Waals surface area contributed by atoms with Gasteiger partial charge in [-0.05, 0) is 33.6 Å². The zero-order valence-corrected chi connectivity index (χ0v) is 15.7. The van der Waals surface area contributed by atoms with Crippen molar-refractivity contribution in [2.24, 2.45) is 5.41 Å². The molecule has 0 aromatic carbocycles. The molecule has 0 bridgehead atoms. The van der Waals surface area contributed by atoms with Crippen LogP contribution in [0.4, 0.5) is 4.79 Å². The first-order valence-corrected chi connectivity index (χ1v) is 6.39. The minimum absolute atomic E-state index is 0. The Morgan fingerprint density at radius 2 is 1.95 bits per heavy atom. The summed E-state index contributed by atoms with van der Waals surface area (Å²) in [6, 6.07) is 0. The van der Waals surface area contributed by atoms with E-state index in [9.17, 15) is 14.7 Å². The van der Waals surface area contributed by atoms with Gasteiger partial charge in [-0.3, -0.25) is 0 Å². The molecule has 1 heterocycles. The fraction of sp³-hybridized carbons (Fsp3) is 0.846. The van der Waals surface area contributed by atoms with Crippen LogP contribution in [0.1, 0.15) is 47.0 Å². The second-order valence-corrected chi connectivity index (χ2v) is 5.97. The predicted molar refractivity (Wildman–Crippen MR) is 64.8 cm³/mol. The average Bonchev–Trinajstić information content (AvgIpc) is 2.61. The third-order valence-electron chi connectivity index (χ3n) is 3.17. The van der Waals surface area contributed by atoms with E-state index >= 15 is 0 Å². The number of rotatable bonds is 3. The second kappa shape index (κ2) is 7.40. The number of nitrogens with zero attached hydrogens (tertiary/aromatic N) is 1. The molecule has 6 heteroatoms. The van der Waals surface area contributed by atoms with Crippen molar-refractivity contribution in [1.82, 2.24) is 4.90 Å². The predicted octanol–water partition coefficient (Wildman–Crippen LogP) is -1.83. The van der Waals surface area contributed by atoms with Crippen molar-refractivity contribution in [3.05, 3.63) is 0 Å². The van der Waals surface area contributed by atoms with Crippen molar-refractivity contribution in [1.29, 1.82) is 0 Å². The van der Waals surface area contributed by atoms with E-state index in [2.05, 4.69) is 0 Å². The standard InChI is InChI=1S/C13H23NO4.K/c1-5-6-13(10(15)16)7-8-14(9-13)11(17)18-12(2,3)4;/h5-9H2,1-4H3,(H,15,16);/q;+1/p-1. The van der Waals surface area contributed by atoms with Crippen LogP contribution >= 0.6 is 0 Å². The largest absolute Gasteiger partial charge is 1.00 e. The summed E-state index contributed by atoms with van der Waals surface area (Å²) in [5.41, 5.74) is -1.46. The average molecular weight is 295 g/mol. The maximum Gasteiger partial charge on any atom is 1.00 e. The number of amides is 1. The van der Waals surface area contributed by atoms with E-state index < -0.39 is 23.1 Å². The summed E-state index contributed by atoms with van der Waals surface area (Å²) in [6.45, 7) is 7.92. The normalized spacial score (nSPS) is 22.8. The van der Waals surface area contributed by atoms with Gasteiger partial charge in [0.25, 0.3) is 0 Å². The minimum Gasteiger partial charge on any atom is -0.549 e. The minimum atomic E-state index is -1.06. The first-order valence-electron chi connectivity index (χ1n) is 6.39. The van der Waals surface area contributed by atoms with Gasteiger partial charge in [-0.15, -0.1) is 0 Å². The molecule has 1 atom stereocenters. The van der Waals surface area contributed by atoms with Crippen molar-refractivity contribution in [2.45, 2.75) is 52.6 Å². The number of carbonyl (C=O) groups is 2. The van der Waals surface area contributed by atoms with E-state index in [0.717, 1.165) is 6.42 Å². The van der Waals surface area contributed by atoms with E-state index in [1.165, 1.54) is 4.90 Å². The molecule has 0 aromatic heterocycles. The van der Waals surface area contributed by atoms with E-state index in [4.69, 9.17) is 4.74 Å². The van der Waals surface area contributed by atoms with Gasteiger partial charge < -0.3 is 19.5 Å². The van der Waals surface area contributed by atoms with Crippen LogP contribution in [0.3, 0.4) is 0 Å². The number of carboxylic acids is 1. The third kappa shape index (κ3) is 5.34. The van der Waals surface area contributed by atoms with E-state index in [1.807, 2.05) is 6.92 Å². The Labute approximate surface area is 157 Å². The summed E-state index contributed by atoms with van der Waals surface area (Å²) < 4.78 is 5.25. The zero-order chi connectivity index (χ0) is 14.0. The Balaban J connectivity index is 0.00000324. The fourth-order valence-electron chi connectivity index (χ4n) is 2.31. The molecule has 0 saturated carbocycles. The Kier molecular flexibility index (Phi) is 7.55. The number of ether oxygens (including phenoxy) is 1. The van der Waals surface area contributed by atoms with Gasteiger partial charge in [0.2, 0.25) is 0 Å². The Hall–Kier alpha value is 0.376. The van der Waals surface area contributed by atoms with Gasteiger partial charge in [0.15, 0.2) is 0 Å². The van der Waals surface area contributed by atoms with Crippen molar-refractivity contribution in [3.63, 3.8) is 0 Å². The van der Waals surface area contributed by atoms with Crippen LogP contribution in [0.25, 0.3) is 0 Å². The number of carbonyl (C=O) groups excluding carboxylic acids is 2. The maximum absolute atomic E-state index is 11.9. The van der Waals surface area contributed by atoms with Gasteiger partial charge in [0.1, 0.15) is 5.60 Å². The summed E-state index contributed by atoms with van der Waals surface area (Å²) in [6.07, 6.45) is 1.30. The fourth-order valence-corrected chi connectivity index (χ4v) is 2.31. The first kappa shape index (κ1) is 19.4.